The Hall–Kier alpha value is 0.500. The minimum absolute atomic E-state index is 0.645. The van der Waals surface area contributed by atoms with Gasteiger partial charge in [0, 0.05) is 18.5 Å². The van der Waals surface area contributed by atoms with Gasteiger partial charge in [0.15, 0.2) is 0 Å². The van der Waals surface area contributed by atoms with Crippen LogP contribution in [0.1, 0.15) is 66.2 Å². The van der Waals surface area contributed by atoms with E-state index >= 15 is 0 Å². The molecule has 0 amide bonds. The minimum Gasteiger partial charge on any atom is -0.321 e. The molecule has 128 valence electrons. The highest BCUT2D eigenvalue weighted by molar-refractivity contribution is 8.56. The van der Waals surface area contributed by atoms with Gasteiger partial charge in [0.1, 0.15) is 0 Å². The standard InChI is InChI=1S/C16H36NO2PS/c1-5-9-10-11-12-13-15-19-20(18,8-4)21-16-14-17(6-2)7-3/h5-16H2,1-4H3. The van der Waals surface area contributed by atoms with Crippen molar-refractivity contribution in [2.75, 3.05) is 38.2 Å². The molecule has 0 N–H and O–H groups in total. The van der Waals surface area contributed by atoms with E-state index in [1.54, 1.807) is 11.4 Å². The van der Waals surface area contributed by atoms with Crippen molar-refractivity contribution in [2.45, 2.75) is 66.2 Å². The molecule has 0 rings (SSSR count). The van der Waals surface area contributed by atoms with Gasteiger partial charge in [-0.2, -0.15) is 0 Å². The van der Waals surface area contributed by atoms with E-state index in [1.165, 1.54) is 32.1 Å². The Morgan fingerprint density at radius 3 is 2.14 bits per heavy atom. The van der Waals surface area contributed by atoms with Gasteiger partial charge < -0.3 is 9.42 Å². The number of hydrogen-bond donors (Lipinski definition) is 0. The number of nitrogens with zero attached hydrogens (tertiary/aromatic N) is 1. The summed E-state index contributed by atoms with van der Waals surface area (Å²) in [7, 11) is 0. The van der Waals surface area contributed by atoms with Crippen LogP contribution in [0.4, 0.5) is 0 Å². The fourth-order valence-electron chi connectivity index (χ4n) is 2.15. The van der Waals surface area contributed by atoms with Crippen LogP contribution in [0.5, 0.6) is 0 Å². The lowest BCUT2D eigenvalue weighted by Gasteiger charge is -2.20. The summed E-state index contributed by atoms with van der Waals surface area (Å²) in [4.78, 5) is 2.36. The first kappa shape index (κ1) is 21.5. The van der Waals surface area contributed by atoms with Crippen molar-refractivity contribution in [3.63, 3.8) is 0 Å². The highest BCUT2D eigenvalue weighted by Crippen LogP contribution is 2.59. The van der Waals surface area contributed by atoms with Crippen molar-refractivity contribution in [3.8, 4) is 0 Å². The largest absolute Gasteiger partial charge is 0.321 e. The minimum atomic E-state index is -2.45. The molecule has 1 atom stereocenters. The summed E-state index contributed by atoms with van der Waals surface area (Å²) in [6.45, 7) is 9.89. The average Bonchev–Trinajstić information content (AvgIpc) is 2.51. The summed E-state index contributed by atoms with van der Waals surface area (Å²) >= 11 is 1.55. The molecule has 1 unspecified atom stereocenters. The van der Waals surface area contributed by atoms with Crippen molar-refractivity contribution in [2.24, 2.45) is 0 Å². The Labute approximate surface area is 136 Å². The highest BCUT2D eigenvalue weighted by Gasteiger charge is 2.21. The van der Waals surface area contributed by atoms with Crippen LogP contribution < -0.4 is 0 Å². The van der Waals surface area contributed by atoms with Crippen molar-refractivity contribution >= 4 is 18.0 Å². The number of hydrogen-bond acceptors (Lipinski definition) is 4. The number of rotatable bonds is 15. The molecule has 0 aliphatic rings. The van der Waals surface area contributed by atoms with Crippen LogP contribution in [0.25, 0.3) is 0 Å². The van der Waals surface area contributed by atoms with E-state index in [0.717, 1.165) is 31.8 Å². The van der Waals surface area contributed by atoms with E-state index in [0.29, 0.717) is 12.8 Å². The monoisotopic (exact) mass is 337 g/mol. The summed E-state index contributed by atoms with van der Waals surface area (Å²) in [5.41, 5.74) is 0. The smallest absolute Gasteiger partial charge is 0.257 e. The molecule has 0 aliphatic carbocycles. The van der Waals surface area contributed by atoms with Crippen molar-refractivity contribution in [1.29, 1.82) is 0 Å². The highest BCUT2D eigenvalue weighted by atomic mass is 32.7. The first-order valence-corrected chi connectivity index (χ1v) is 12.1. The molecule has 0 aliphatic heterocycles. The zero-order valence-electron chi connectivity index (χ0n) is 14.6. The second-order valence-corrected chi connectivity index (χ2v) is 10.6. The summed E-state index contributed by atoms with van der Waals surface area (Å²) in [6, 6.07) is 0. The van der Waals surface area contributed by atoms with Crippen molar-refractivity contribution in [3.05, 3.63) is 0 Å². The third-order valence-electron chi connectivity index (χ3n) is 3.76. The maximum Gasteiger partial charge on any atom is 0.257 e. The van der Waals surface area contributed by atoms with Crippen LogP contribution in [0.3, 0.4) is 0 Å². The van der Waals surface area contributed by atoms with E-state index in [9.17, 15) is 4.57 Å². The van der Waals surface area contributed by atoms with E-state index < -0.39 is 6.57 Å². The molecule has 21 heavy (non-hydrogen) atoms. The van der Waals surface area contributed by atoms with Gasteiger partial charge in [0.05, 0.1) is 6.61 Å². The summed E-state index contributed by atoms with van der Waals surface area (Å²) in [5.74, 6) is 0.906. The SMILES string of the molecule is CCCCCCCCOP(=O)(CC)SCCN(CC)CC. The van der Waals surface area contributed by atoms with Crippen LogP contribution in [0, 0.1) is 0 Å². The third kappa shape index (κ3) is 11.7. The lowest BCUT2D eigenvalue weighted by molar-refractivity contribution is 0.311. The quantitative estimate of drug-likeness (QED) is 0.285. The topological polar surface area (TPSA) is 29.5 Å². The Bertz CT molecular complexity index is 273. The van der Waals surface area contributed by atoms with Crippen LogP contribution in [-0.2, 0) is 9.09 Å². The molecule has 3 nitrogen and oxygen atoms in total. The van der Waals surface area contributed by atoms with E-state index in [-0.39, 0.29) is 0 Å². The molecule has 0 spiro atoms. The maximum absolute atomic E-state index is 12.6. The van der Waals surface area contributed by atoms with Gasteiger partial charge in [-0.15, -0.1) is 0 Å². The predicted molar refractivity (Wildman–Crippen MR) is 97.7 cm³/mol. The zero-order valence-corrected chi connectivity index (χ0v) is 16.3. The van der Waals surface area contributed by atoms with Gasteiger partial charge in [-0.1, -0.05) is 71.2 Å². The molecule has 0 fully saturated rings. The molecule has 0 heterocycles. The first-order valence-electron chi connectivity index (χ1n) is 8.72. The summed E-state index contributed by atoms with van der Waals surface area (Å²) < 4.78 is 18.3. The molecule has 0 saturated carbocycles. The molecule has 5 heteroatoms. The van der Waals surface area contributed by atoms with Crippen LogP contribution in [0.15, 0.2) is 0 Å². The fraction of sp³-hybridized carbons (Fsp3) is 1.00. The van der Waals surface area contributed by atoms with Crippen LogP contribution >= 0.6 is 18.0 Å². The summed E-state index contributed by atoms with van der Waals surface area (Å²) in [5, 5.41) is 0. The zero-order chi connectivity index (χ0) is 16.0. The molecular weight excluding hydrogens is 301 g/mol. The van der Waals surface area contributed by atoms with Gasteiger partial charge in [0.2, 0.25) is 0 Å². The first-order chi connectivity index (χ1) is 10.1. The fourth-order valence-corrected chi connectivity index (χ4v) is 5.69. The number of unbranched alkanes of at least 4 members (excludes halogenated alkanes) is 5. The molecule has 0 aromatic heterocycles. The third-order valence-corrected chi connectivity index (χ3v) is 8.69. The van der Waals surface area contributed by atoms with Gasteiger partial charge >= 0.3 is 0 Å². The normalized spacial score (nSPS) is 14.5. The molecular formula is C16H36NO2PS. The van der Waals surface area contributed by atoms with Crippen LogP contribution in [-0.4, -0.2) is 43.1 Å². The molecule has 0 aromatic carbocycles. The van der Waals surface area contributed by atoms with E-state index in [1.807, 2.05) is 6.92 Å². The predicted octanol–water partition coefficient (Wildman–Crippen LogP) is 5.65. The lowest BCUT2D eigenvalue weighted by atomic mass is 10.1. The van der Waals surface area contributed by atoms with E-state index in [4.69, 9.17) is 4.52 Å². The van der Waals surface area contributed by atoms with Gasteiger partial charge in [0.25, 0.3) is 6.57 Å². The second-order valence-electron chi connectivity index (χ2n) is 5.39. The Balaban J connectivity index is 3.77. The van der Waals surface area contributed by atoms with Crippen molar-refractivity contribution in [1.82, 2.24) is 4.90 Å². The van der Waals surface area contributed by atoms with Gasteiger partial charge in [-0.05, 0) is 19.5 Å². The Morgan fingerprint density at radius 1 is 0.952 bits per heavy atom. The summed E-state index contributed by atoms with van der Waals surface area (Å²) in [6.07, 6.45) is 8.10. The second kappa shape index (κ2) is 14.1. The Kier molecular flexibility index (Phi) is 14.5. The Morgan fingerprint density at radius 2 is 1.57 bits per heavy atom. The molecule has 0 aromatic rings. The maximum atomic E-state index is 12.6. The molecule has 0 bridgehead atoms. The average molecular weight is 338 g/mol. The van der Waals surface area contributed by atoms with Gasteiger partial charge in [-0.25, -0.2) is 0 Å². The van der Waals surface area contributed by atoms with Gasteiger partial charge in [-0.3, -0.25) is 4.57 Å². The molecule has 0 saturated heterocycles. The van der Waals surface area contributed by atoms with Crippen LogP contribution in [0.2, 0.25) is 0 Å². The lowest BCUT2D eigenvalue weighted by Crippen LogP contribution is -2.25. The molecule has 0 radical (unpaired) electrons. The van der Waals surface area contributed by atoms with Crippen molar-refractivity contribution < 1.29 is 9.09 Å². The van der Waals surface area contributed by atoms with E-state index in [2.05, 4.69) is 25.7 Å².